The first-order chi connectivity index (χ1) is 45.0. The molecule has 552 valence electrons. The minimum atomic E-state index is -4.95. The second-order valence-corrected chi connectivity index (χ2v) is 30.1. The lowest BCUT2D eigenvalue weighted by atomic mass is 10.0. The molecule has 0 aliphatic carbocycles. The first-order valence-electron chi connectivity index (χ1n) is 38.6. The lowest BCUT2D eigenvalue weighted by Crippen LogP contribution is -2.30. The predicted molar refractivity (Wildman–Crippen MR) is 377 cm³/mol. The lowest BCUT2D eigenvalue weighted by Gasteiger charge is -2.21. The van der Waals surface area contributed by atoms with Gasteiger partial charge in [0.2, 0.25) is 0 Å². The molecule has 0 saturated carbocycles. The molecule has 0 fully saturated rings. The van der Waals surface area contributed by atoms with Crippen molar-refractivity contribution in [3.8, 4) is 0 Å². The Morgan fingerprint density at radius 2 is 0.495 bits per heavy atom. The third kappa shape index (κ3) is 68.4. The summed E-state index contributed by atoms with van der Waals surface area (Å²) < 4.78 is 68.4. The van der Waals surface area contributed by atoms with Gasteiger partial charge in [-0.05, 0) is 31.6 Å². The summed E-state index contributed by atoms with van der Waals surface area (Å²) in [7, 11) is -9.90. The zero-order valence-corrected chi connectivity index (χ0v) is 62.2. The van der Waals surface area contributed by atoms with E-state index in [0.717, 1.165) is 95.8 Å². The SMILES string of the molecule is CCCCCCCCCCCCCCCCCCCC(=O)O[C@H](COC(=O)CCCCCCCCCCCCCCCCC)COP(=O)(O)OC[C@@H](O)COP(=O)(O)OC[C@@H](COC(=O)CCCCCCCCCCCC)OC(=O)CCCCCCCCCCC(C)C. The molecule has 0 aromatic heterocycles. The number of carbonyl (C=O) groups is 4. The maximum absolute atomic E-state index is 13.1. The zero-order valence-electron chi connectivity index (χ0n) is 60.4. The van der Waals surface area contributed by atoms with Crippen LogP contribution in [-0.2, 0) is 65.4 Å². The van der Waals surface area contributed by atoms with Crippen LogP contribution in [0.25, 0.3) is 0 Å². The average Bonchev–Trinajstić information content (AvgIpc) is 1.93. The minimum absolute atomic E-state index is 0.105. The predicted octanol–water partition coefficient (Wildman–Crippen LogP) is 21.7. The third-order valence-corrected chi connectivity index (χ3v) is 19.2. The van der Waals surface area contributed by atoms with Gasteiger partial charge in [-0.2, -0.15) is 0 Å². The van der Waals surface area contributed by atoms with Crippen LogP contribution in [0.2, 0.25) is 0 Å². The summed E-state index contributed by atoms with van der Waals surface area (Å²) in [5, 5.41) is 10.6. The average molecular weight is 1370 g/mol. The number of hydrogen-bond acceptors (Lipinski definition) is 15. The number of ether oxygens (including phenoxy) is 4. The van der Waals surface area contributed by atoms with Gasteiger partial charge in [0, 0.05) is 25.7 Å². The molecule has 0 bridgehead atoms. The summed E-state index contributed by atoms with van der Waals surface area (Å²) in [5.74, 6) is -1.40. The highest BCUT2D eigenvalue weighted by Crippen LogP contribution is 2.45. The van der Waals surface area contributed by atoms with E-state index in [9.17, 15) is 43.2 Å². The van der Waals surface area contributed by atoms with Crippen molar-refractivity contribution in [3.63, 3.8) is 0 Å². The Morgan fingerprint density at radius 3 is 0.731 bits per heavy atom. The van der Waals surface area contributed by atoms with E-state index in [4.69, 9.17) is 37.0 Å². The Hall–Kier alpha value is -1.94. The topological polar surface area (TPSA) is 237 Å². The molecule has 0 amide bonds. The molecule has 0 saturated heterocycles. The molecule has 0 aromatic carbocycles. The summed E-state index contributed by atoms with van der Waals surface area (Å²) in [6.07, 6.45) is 55.5. The summed E-state index contributed by atoms with van der Waals surface area (Å²) in [4.78, 5) is 72.7. The number of rotatable bonds is 74. The highest BCUT2D eigenvalue weighted by atomic mass is 31.2. The number of carbonyl (C=O) groups excluding carboxylic acids is 4. The van der Waals surface area contributed by atoms with Crippen molar-refractivity contribution in [3.05, 3.63) is 0 Å². The summed E-state index contributed by atoms with van der Waals surface area (Å²) in [6.45, 7) is 7.23. The van der Waals surface area contributed by atoms with E-state index >= 15 is 0 Å². The quantitative estimate of drug-likeness (QED) is 0.0222. The Bertz CT molecular complexity index is 1790. The highest BCUT2D eigenvalue weighted by Gasteiger charge is 2.30. The largest absolute Gasteiger partial charge is 0.472 e. The van der Waals surface area contributed by atoms with Crippen molar-refractivity contribution in [2.24, 2.45) is 5.92 Å². The second kappa shape index (κ2) is 67.3. The van der Waals surface area contributed by atoms with E-state index in [-0.39, 0.29) is 25.7 Å². The third-order valence-electron chi connectivity index (χ3n) is 17.3. The molecule has 2 unspecified atom stereocenters. The van der Waals surface area contributed by atoms with Gasteiger partial charge >= 0.3 is 39.5 Å². The molecule has 0 aromatic rings. The minimum Gasteiger partial charge on any atom is -0.462 e. The number of hydrogen-bond donors (Lipinski definition) is 3. The van der Waals surface area contributed by atoms with Gasteiger partial charge in [-0.25, -0.2) is 9.13 Å². The van der Waals surface area contributed by atoms with Crippen LogP contribution in [0.3, 0.4) is 0 Å². The molecule has 0 radical (unpaired) electrons. The van der Waals surface area contributed by atoms with Crippen LogP contribution in [-0.4, -0.2) is 96.7 Å². The van der Waals surface area contributed by atoms with Crippen molar-refractivity contribution in [2.45, 2.75) is 406 Å². The second-order valence-electron chi connectivity index (χ2n) is 27.2. The molecular weight excluding hydrogens is 1220 g/mol. The van der Waals surface area contributed by atoms with E-state index < -0.39 is 97.5 Å². The van der Waals surface area contributed by atoms with Crippen LogP contribution in [0.15, 0.2) is 0 Å². The number of phosphoric ester groups is 2. The zero-order chi connectivity index (χ0) is 68.4. The van der Waals surface area contributed by atoms with E-state index in [1.807, 2.05) is 0 Å². The molecule has 3 N–H and O–H groups in total. The van der Waals surface area contributed by atoms with Crippen molar-refractivity contribution < 1.29 is 80.2 Å². The van der Waals surface area contributed by atoms with Gasteiger partial charge in [0.1, 0.15) is 19.3 Å². The van der Waals surface area contributed by atoms with E-state index in [1.165, 1.54) is 212 Å². The van der Waals surface area contributed by atoms with Gasteiger partial charge in [0.05, 0.1) is 26.4 Å². The van der Waals surface area contributed by atoms with Crippen LogP contribution in [0.4, 0.5) is 0 Å². The van der Waals surface area contributed by atoms with Crippen molar-refractivity contribution in [1.29, 1.82) is 0 Å². The van der Waals surface area contributed by atoms with Crippen LogP contribution in [0, 0.1) is 5.92 Å². The molecule has 0 aliphatic heterocycles. The molecule has 0 rings (SSSR count). The Morgan fingerprint density at radius 1 is 0.290 bits per heavy atom. The molecule has 17 nitrogen and oxygen atoms in total. The molecule has 0 heterocycles. The van der Waals surface area contributed by atoms with Gasteiger partial charge in [-0.1, -0.05) is 336 Å². The molecule has 93 heavy (non-hydrogen) atoms. The monoisotopic (exact) mass is 1370 g/mol. The normalized spacial score (nSPS) is 14.0. The van der Waals surface area contributed by atoms with Crippen LogP contribution in [0.5, 0.6) is 0 Å². The molecular formula is C74H144O17P2. The van der Waals surface area contributed by atoms with Gasteiger partial charge < -0.3 is 33.8 Å². The maximum Gasteiger partial charge on any atom is 0.472 e. The summed E-state index contributed by atoms with van der Waals surface area (Å²) >= 11 is 0. The standard InChI is InChI=1S/C74H144O17P2/c1-6-9-12-15-18-21-24-26-28-29-31-33-35-38-44-49-54-59-73(78)90-69(63-85-72(77)58-53-48-43-37-34-32-30-27-25-22-19-16-13-10-7-2)65-88-92(80,81)86-61-68(75)62-87-93(82,83)89-66-70(64-84-71(76)57-52-47-42-36-23-20-17-14-11-8-3)91-74(79)60-55-50-45-40-39-41-46-51-56-67(4)5/h67-70,75H,6-66H2,1-5H3,(H,80,81)(H,82,83)/t68-,69-,70-/m1/s1. The van der Waals surface area contributed by atoms with E-state index in [1.54, 1.807) is 0 Å². The number of phosphoric acid groups is 2. The molecule has 0 aliphatic rings. The van der Waals surface area contributed by atoms with Crippen LogP contribution < -0.4 is 0 Å². The fraction of sp³-hybridized carbons (Fsp3) is 0.946. The number of esters is 4. The first kappa shape index (κ1) is 91.1. The fourth-order valence-corrected chi connectivity index (χ4v) is 12.9. The van der Waals surface area contributed by atoms with E-state index in [0.29, 0.717) is 25.7 Å². The number of aliphatic hydroxyl groups is 1. The van der Waals surface area contributed by atoms with E-state index in [2.05, 4.69) is 34.6 Å². The van der Waals surface area contributed by atoms with Crippen LogP contribution >= 0.6 is 15.6 Å². The fourth-order valence-electron chi connectivity index (χ4n) is 11.4. The van der Waals surface area contributed by atoms with Crippen LogP contribution in [0.1, 0.15) is 388 Å². The van der Waals surface area contributed by atoms with Crippen molar-refractivity contribution >= 4 is 39.5 Å². The summed E-state index contributed by atoms with van der Waals surface area (Å²) in [5.41, 5.74) is 0. The first-order valence-corrected chi connectivity index (χ1v) is 41.6. The van der Waals surface area contributed by atoms with Gasteiger partial charge in [-0.15, -0.1) is 0 Å². The Kier molecular flexibility index (Phi) is 65.9. The van der Waals surface area contributed by atoms with Crippen molar-refractivity contribution in [1.82, 2.24) is 0 Å². The highest BCUT2D eigenvalue weighted by molar-refractivity contribution is 7.47. The maximum atomic E-state index is 13.1. The smallest absolute Gasteiger partial charge is 0.462 e. The summed E-state index contributed by atoms with van der Waals surface area (Å²) in [6, 6.07) is 0. The van der Waals surface area contributed by atoms with Crippen molar-refractivity contribution in [2.75, 3.05) is 39.6 Å². The molecule has 5 atom stereocenters. The van der Waals surface area contributed by atoms with Gasteiger partial charge in [-0.3, -0.25) is 37.3 Å². The Balaban J connectivity index is 5.23. The van der Waals surface area contributed by atoms with Gasteiger partial charge in [0.25, 0.3) is 0 Å². The Labute approximate surface area is 568 Å². The molecule has 0 spiro atoms. The van der Waals surface area contributed by atoms with Gasteiger partial charge in [0.15, 0.2) is 12.2 Å². The lowest BCUT2D eigenvalue weighted by molar-refractivity contribution is -0.161. The number of aliphatic hydroxyl groups excluding tert-OH is 1. The number of unbranched alkanes of at least 4 members (excludes halogenated alkanes) is 46. The molecule has 19 heteroatoms.